The Kier molecular flexibility index (Phi) is 5.73. The van der Waals surface area contributed by atoms with Gasteiger partial charge in [0, 0.05) is 22.1 Å². The van der Waals surface area contributed by atoms with E-state index in [1.165, 1.54) is 11.3 Å². The molecule has 0 saturated heterocycles. The van der Waals surface area contributed by atoms with E-state index in [0.29, 0.717) is 5.56 Å². The smallest absolute Gasteiger partial charge is 0.227 e. The van der Waals surface area contributed by atoms with Gasteiger partial charge < -0.3 is 10.4 Å². The SMILES string of the molecule is Cc1ccc[n+]([C@H]2[C@@H](c3cccs3)C(C#N)=C(C(=C=N)C#N)N[C@]2(O)c2ccccc2)c1. The number of nitriles is 2. The molecule has 0 saturated carbocycles. The minimum Gasteiger partial charge on any atom is -0.362 e. The van der Waals surface area contributed by atoms with Crippen LogP contribution in [0.15, 0.2) is 89.2 Å². The van der Waals surface area contributed by atoms with Crippen molar-refractivity contribution in [2.24, 2.45) is 0 Å². The van der Waals surface area contributed by atoms with Crippen LogP contribution in [-0.2, 0) is 5.72 Å². The van der Waals surface area contributed by atoms with Crippen LogP contribution in [0.4, 0.5) is 0 Å². The number of hydrogen-bond acceptors (Lipinski definition) is 6. The summed E-state index contributed by atoms with van der Waals surface area (Å²) in [5, 5.41) is 44.7. The average molecular weight is 439 g/mol. The van der Waals surface area contributed by atoms with Crippen LogP contribution in [0.5, 0.6) is 0 Å². The van der Waals surface area contributed by atoms with Crippen molar-refractivity contribution in [3.63, 3.8) is 0 Å². The molecule has 7 heteroatoms. The van der Waals surface area contributed by atoms with Crippen LogP contribution >= 0.6 is 11.3 Å². The first-order chi connectivity index (χ1) is 15.5. The van der Waals surface area contributed by atoms with Gasteiger partial charge in [-0.1, -0.05) is 36.4 Å². The molecule has 1 aliphatic rings. The van der Waals surface area contributed by atoms with Crippen LogP contribution in [0, 0.1) is 35.0 Å². The third-order valence-electron chi connectivity index (χ3n) is 5.60. The maximum absolute atomic E-state index is 12.3. The van der Waals surface area contributed by atoms with E-state index in [2.05, 4.69) is 17.3 Å². The van der Waals surface area contributed by atoms with Crippen LogP contribution in [0.2, 0.25) is 0 Å². The normalized spacial score (nSPS) is 22.2. The maximum Gasteiger partial charge on any atom is 0.227 e. The summed E-state index contributed by atoms with van der Waals surface area (Å²) in [5.74, 6) is 1.56. The summed E-state index contributed by atoms with van der Waals surface area (Å²) < 4.78 is 1.91. The molecule has 0 unspecified atom stereocenters. The first-order valence-corrected chi connectivity index (χ1v) is 10.8. The molecule has 3 heterocycles. The number of aromatic nitrogens is 1. The third-order valence-corrected chi connectivity index (χ3v) is 6.56. The molecule has 1 aromatic carbocycles. The van der Waals surface area contributed by atoms with E-state index < -0.39 is 17.7 Å². The summed E-state index contributed by atoms with van der Waals surface area (Å²) in [6.07, 6.45) is 3.80. The largest absolute Gasteiger partial charge is 0.362 e. The Morgan fingerprint density at radius 2 is 1.94 bits per heavy atom. The Labute approximate surface area is 190 Å². The van der Waals surface area contributed by atoms with E-state index >= 15 is 0 Å². The molecular weight excluding hydrogens is 418 g/mol. The second-order valence-corrected chi connectivity index (χ2v) is 8.52. The molecule has 6 nitrogen and oxygen atoms in total. The highest BCUT2D eigenvalue weighted by molar-refractivity contribution is 7.10. The maximum atomic E-state index is 12.3. The highest BCUT2D eigenvalue weighted by atomic mass is 32.1. The molecule has 1 aliphatic heterocycles. The molecule has 4 rings (SSSR count). The van der Waals surface area contributed by atoms with Gasteiger partial charge in [0.25, 0.3) is 0 Å². The van der Waals surface area contributed by atoms with Crippen molar-refractivity contribution in [1.82, 2.24) is 5.32 Å². The number of nitrogens with one attached hydrogen (secondary N) is 2. The fourth-order valence-electron chi connectivity index (χ4n) is 4.23. The third kappa shape index (κ3) is 3.51. The molecule has 0 amide bonds. The van der Waals surface area contributed by atoms with E-state index in [1.54, 1.807) is 12.1 Å². The lowest BCUT2D eigenvalue weighted by Crippen LogP contribution is -2.62. The molecule has 32 heavy (non-hydrogen) atoms. The van der Waals surface area contributed by atoms with Gasteiger partial charge in [0.1, 0.15) is 11.6 Å². The Balaban J connectivity index is 2.10. The van der Waals surface area contributed by atoms with E-state index in [-0.39, 0.29) is 16.8 Å². The molecule has 156 valence electrons. The van der Waals surface area contributed by atoms with Gasteiger partial charge in [-0.2, -0.15) is 15.1 Å². The second-order valence-electron chi connectivity index (χ2n) is 7.54. The predicted octanol–water partition coefficient (Wildman–Crippen LogP) is 3.59. The molecule has 0 spiro atoms. The molecule has 0 fully saturated rings. The highest BCUT2D eigenvalue weighted by Gasteiger charge is 2.56. The molecular formula is C25H20N5OS+. The fourth-order valence-corrected chi connectivity index (χ4v) is 5.10. The number of benzene rings is 1. The van der Waals surface area contributed by atoms with Gasteiger partial charge in [0.15, 0.2) is 12.4 Å². The van der Waals surface area contributed by atoms with Crippen molar-refractivity contribution in [2.75, 3.05) is 0 Å². The van der Waals surface area contributed by atoms with E-state index in [4.69, 9.17) is 5.41 Å². The van der Waals surface area contributed by atoms with Crippen molar-refractivity contribution < 1.29 is 9.67 Å². The lowest BCUT2D eigenvalue weighted by atomic mass is 9.75. The second kappa shape index (κ2) is 8.63. The Bertz CT molecular complexity index is 1310. The zero-order valence-corrected chi connectivity index (χ0v) is 18.1. The molecule has 2 aromatic heterocycles. The summed E-state index contributed by atoms with van der Waals surface area (Å²) in [7, 11) is 0. The predicted molar refractivity (Wildman–Crippen MR) is 120 cm³/mol. The van der Waals surface area contributed by atoms with Crippen molar-refractivity contribution in [1.29, 1.82) is 15.9 Å². The molecule has 0 aliphatic carbocycles. The summed E-state index contributed by atoms with van der Waals surface area (Å²) >= 11 is 1.48. The molecule has 3 atom stereocenters. The van der Waals surface area contributed by atoms with Crippen LogP contribution < -0.4 is 9.88 Å². The number of pyridine rings is 1. The zero-order chi connectivity index (χ0) is 22.7. The first kappa shape index (κ1) is 21.2. The molecule has 3 aromatic rings. The van der Waals surface area contributed by atoms with Gasteiger partial charge in [0.05, 0.1) is 23.3 Å². The number of nitrogens with zero attached hydrogens (tertiary/aromatic N) is 3. The number of allylic oxidation sites excluding steroid dienone is 2. The summed E-state index contributed by atoms with van der Waals surface area (Å²) in [5.41, 5.74) is 0.173. The highest BCUT2D eigenvalue weighted by Crippen LogP contribution is 2.48. The number of hydrogen-bond donors (Lipinski definition) is 3. The van der Waals surface area contributed by atoms with Gasteiger partial charge >= 0.3 is 0 Å². The summed E-state index contributed by atoms with van der Waals surface area (Å²) in [4.78, 5) is 0.871. The van der Waals surface area contributed by atoms with Crippen LogP contribution in [0.3, 0.4) is 0 Å². The topological polar surface area (TPSA) is 108 Å². The summed E-state index contributed by atoms with van der Waals surface area (Å²) in [6.45, 7) is 1.96. The van der Waals surface area contributed by atoms with Crippen molar-refractivity contribution in [2.45, 2.75) is 24.6 Å². The minimum atomic E-state index is -1.68. The van der Waals surface area contributed by atoms with E-state index in [9.17, 15) is 15.6 Å². The molecule has 0 bridgehead atoms. The van der Waals surface area contributed by atoms with Gasteiger partial charge in [-0.05, 0) is 30.3 Å². The van der Waals surface area contributed by atoms with E-state index in [0.717, 1.165) is 10.4 Å². The Hall–Kier alpha value is -4.00. The zero-order valence-electron chi connectivity index (χ0n) is 17.3. The standard InChI is InChI=1S/C25H20N5OS/c1-17-7-5-11-30(16-17)24-22(21-10-6-12-32-21)20(15-28)23(18(13-26)14-27)29-25(24,31)19-8-3-2-4-9-19/h2-12,16,22,24,26,29,31H,1H3/q+1/t22-,24+,25+/m1/s1. The first-order valence-electron chi connectivity index (χ1n) is 9.94. The molecule has 0 radical (unpaired) electrons. The Morgan fingerprint density at radius 1 is 1.16 bits per heavy atom. The Morgan fingerprint density at radius 3 is 2.53 bits per heavy atom. The summed E-state index contributed by atoms with van der Waals surface area (Å²) in [6, 6.07) is 20.3. The lowest BCUT2D eigenvalue weighted by molar-refractivity contribution is -0.744. The number of aryl methyl sites for hydroxylation is 1. The van der Waals surface area contributed by atoms with Gasteiger partial charge in [-0.15, -0.1) is 11.3 Å². The monoisotopic (exact) mass is 438 g/mol. The van der Waals surface area contributed by atoms with Crippen molar-refractivity contribution in [3.05, 3.63) is 105 Å². The quantitative estimate of drug-likeness (QED) is 0.329. The average Bonchev–Trinajstić information content (AvgIpc) is 3.35. The molecule has 3 N–H and O–H groups in total. The van der Waals surface area contributed by atoms with Crippen molar-refractivity contribution in [3.8, 4) is 12.1 Å². The van der Waals surface area contributed by atoms with Gasteiger partial charge in [-0.25, -0.2) is 0 Å². The van der Waals surface area contributed by atoms with Crippen LogP contribution in [-0.4, -0.2) is 11.0 Å². The van der Waals surface area contributed by atoms with Gasteiger partial charge in [0.2, 0.25) is 11.8 Å². The lowest BCUT2D eigenvalue weighted by Gasteiger charge is -2.42. The van der Waals surface area contributed by atoms with Crippen molar-refractivity contribution >= 4 is 17.2 Å². The number of rotatable bonds is 4. The van der Waals surface area contributed by atoms with Crippen LogP contribution in [0.25, 0.3) is 0 Å². The number of aliphatic hydroxyl groups is 1. The van der Waals surface area contributed by atoms with Crippen LogP contribution in [0.1, 0.15) is 28.0 Å². The number of thiophene rings is 1. The fraction of sp³-hybridized carbons (Fsp3) is 0.160. The van der Waals surface area contributed by atoms with Gasteiger partial charge in [-0.3, -0.25) is 5.41 Å². The minimum absolute atomic E-state index is 0.124. The van der Waals surface area contributed by atoms with E-state index in [1.807, 2.05) is 77.8 Å².